The van der Waals surface area contributed by atoms with Crippen molar-refractivity contribution in [1.82, 2.24) is 15.2 Å². The molecular weight excluding hydrogens is 210 g/mol. The molecule has 2 heterocycles. The van der Waals surface area contributed by atoms with Crippen LogP contribution in [0.4, 0.5) is 0 Å². The number of rotatable bonds is 3. The molecule has 0 aliphatic rings. The average Bonchev–Trinajstić information content (AvgIpc) is 2.78. The molecule has 0 fully saturated rings. The van der Waals surface area contributed by atoms with Crippen molar-refractivity contribution in [3.05, 3.63) is 29.4 Å². The van der Waals surface area contributed by atoms with Crippen LogP contribution in [0.3, 0.4) is 0 Å². The first kappa shape index (κ1) is 10.2. The van der Waals surface area contributed by atoms with Crippen molar-refractivity contribution in [3.8, 4) is 10.7 Å². The van der Waals surface area contributed by atoms with Crippen LogP contribution in [0, 0.1) is 0 Å². The lowest BCUT2D eigenvalue weighted by molar-refractivity contribution is 0.272. The van der Waals surface area contributed by atoms with E-state index in [1.807, 2.05) is 25.1 Å². The molecule has 0 unspecified atom stereocenters. The van der Waals surface area contributed by atoms with Crippen LogP contribution in [0.25, 0.3) is 10.7 Å². The van der Waals surface area contributed by atoms with Crippen molar-refractivity contribution >= 4 is 11.3 Å². The third kappa shape index (κ3) is 2.19. The van der Waals surface area contributed by atoms with Gasteiger partial charge in [0.15, 0.2) is 5.01 Å². The maximum atomic E-state index is 8.99. The first-order valence-electron chi connectivity index (χ1n) is 4.67. The molecule has 2 aromatic heterocycles. The summed E-state index contributed by atoms with van der Waals surface area (Å²) < 4.78 is 0. The number of aromatic nitrogens is 3. The van der Waals surface area contributed by atoms with Crippen LogP contribution in [0.2, 0.25) is 0 Å². The molecule has 0 spiro atoms. The SMILES string of the molecule is C[C@H](CO)c1nnc(-c2ccccn2)s1. The zero-order chi connectivity index (χ0) is 10.7. The molecule has 1 atom stereocenters. The number of hydrogen-bond donors (Lipinski definition) is 1. The lowest BCUT2D eigenvalue weighted by atomic mass is 10.2. The second kappa shape index (κ2) is 4.46. The second-order valence-electron chi connectivity index (χ2n) is 3.24. The van der Waals surface area contributed by atoms with Crippen LogP contribution >= 0.6 is 11.3 Å². The van der Waals surface area contributed by atoms with Crippen molar-refractivity contribution in [2.75, 3.05) is 6.61 Å². The highest BCUT2D eigenvalue weighted by atomic mass is 32.1. The van der Waals surface area contributed by atoms with Gasteiger partial charge in [-0.3, -0.25) is 4.98 Å². The van der Waals surface area contributed by atoms with Gasteiger partial charge in [0.1, 0.15) is 10.7 Å². The van der Waals surface area contributed by atoms with E-state index in [-0.39, 0.29) is 12.5 Å². The van der Waals surface area contributed by atoms with Gasteiger partial charge in [-0.25, -0.2) is 0 Å². The standard InChI is InChI=1S/C10H11N3OS/c1-7(6-14)9-12-13-10(15-9)8-4-2-3-5-11-8/h2-5,7,14H,6H2,1H3/t7-/m1/s1. The van der Waals surface area contributed by atoms with E-state index in [1.54, 1.807) is 6.20 Å². The Morgan fingerprint density at radius 2 is 2.27 bits per heavy atom. The molecule has 0 aliphatic carbocycles. The average molecular weight is 221 g/mol. The van der Waals surface area contributed by atoms with Gasteiger partial charge in [-0.05, 0) is 12.1 Å². The van der Waals surface area contributed by atoms with Crippen molar-refractivity contribution in [2.45, 2.75) is 12.8 Å². The van der Waals surface area contributed by atoms with Crippen molar-refractivity contribution in [2.24, 2.45) is 0 Å². The quantitative estimate of drug-likeness (QED) is 0.857. The Morgan fingerprint density at radius 1 is 1.40 bits per heavy atom. The topological polar surface area (TPSA) is 58.9 Å². The Morgan fingerprint density at radius 3 is 2.93 bits per heavy atom. The summed E-state index contributed by atoms with van der Waals surface area (Å²) in [6.07, 6.45) is 1.73. The summed E-state index contributed by atoms with van der Waals surface area (Å²) in [6.45, 7) is 2.01. The predicted octanol–water partition coefficient (Wildman–Crippen LogP) is 1.70. The minimum absolute atomic E-state index is 0.0416. The third-order valence-electron chi connectivity index (χ3n) is 2.02. The van der Waals surface area contributed by atoms with E-state index in [9.17, 15) is 0 Å². The summed E-state index contributed by atoms with van der Waals surface area (Å²) in [5.74, 6) is 0.0416. The summed E-state index contributed by atoms with van der Waals surface area (Å²) in [5.41, 5.74) is 0.825. The molecule has 1 N–H and O–H groups in total. The fraction of sp³-hybridized carbons (Fsp3) is 0.300. The Hall–Kier alpha value is -1.33. The molecule has 0 aromatic carbocycles. The fourth-order valence-corrected chi connectivity index (χ4v) is 1.97. The molecule has 0 bridgehead atoms. The highest BCUT2D eigenvalue weighted by Gasteiger charge is 2.12. The first-order chi connectivity index (χ1) is 7.31. The van der Waals surface area contributed by atoms with E-state index in [0.717, 1.165) is 15.7 Å². The maximum absolute atomic E-state index is 8.99. The number of nitrogens with zero attached hydrogens (tertiary/aromatic N) is 3. The monoisotopic (exact) mass is 221 g/mol. The smallest absolute Gasteiger partial charge is 0.166 e. The minimum Gasteiger partial charge on any atom is -0.396 e. The van der Waals surface area contributed by atoms with Gasteiger partial charge in [-0.1, -0.05) is 24.3 Å². The van der Waals surface area contributed by atoms with E-state index < -0.39 is 0 Å². The summed E-state index contributed by atoms with van der Waals surface area (Å²) in [6, 6.07) is 5.68. The van der Waals surface area contributed by atoms with Crippen LogP contribution in [0.5, 0.6) is 0 Å². The highest BCUT2D eigenvalue weighted by molar-refractivity contribution is 7.14. The number of aliphatic hydroxyl groups is 1. The van der Waals surface area contributed by atoms with E-state index in [4.69, 9.17) is 5.11 Å². The summed E-state index contributed by atoms with van der Waals surface area (Å²) in [7, 11) is 0. The minimum atomic E-state index is 0.0416. The van der Waals surface area contributed by atoms with Crippen molar-refractivity contribution < 1.29 is 5.11 Å². The van der Waals surface area contributed by atoms with Crippen molar-refractivity contribution in [1.29, 1.82) is 0 Å². The molecule has 15 heavy (non-hydrogen) atoms. The van der Waals surface area contributed by atoms with Gasteiger partial charge in [0.2, 0.25) is 0 Å². The predicted molar refractivity (Wildman–Crippen MR) is 58.6 cm³/mol. The third-order valence-corrected chi connectivity index (χ3v) is 3.20. The van der Waals surface area contributed by atoms with Gasteiger partial charge in [0.25, 0.3) is 0 Å². The Kier molecular flexibility index (Phi) is 3.03. The fourth-order valence-electron chi connectivity index (χ4n) is 1.10. The normalized spacial score (nSPS) is 12.7. The molecule has 2 rings (SSSR count). The molecule has 2 aromatic rings. The zero-order valence-electron chi connectivity index (χ0n) is 8.29. The van der Waals surface area contributed by atoms with Gasteiger partial charge in [-0.15, -0.1) is 10.2 Å². The summed E-state index contributed by atoms with van der Waals surface area (Å²) >= 11 is 1.47. The van der Waals surface area contributed by atoms with E-state index in [1.165, 1.54) is 11.3 Å². The van der Waals surface area contributed by atoms with Crippen LogP contribution < -0.4 is 0 Å². The number of pyridine rings is 1. The summed E-state index contributed by atoms with van der Waals surface area (Å²) in [4.78, 5) is 4.19. The van der Waals surface area contributed by atoms with E-state index >= 15 is 0 Å². The lowest BCUT2D eigenvalue weighted by Crippen LogP contribution is -1.97. The molecule has 0 aliphatic heterocycles. The van der Waals surface area contributed by atoms with Crippen LogP contribution in [-0.2, 0) is 0 Å². The molecule has 5 heteroatoms. The van der Waals surface area contributed by atoms with Crippen LogP contribution in [0.15, 0.2) is 24.4 Å². The van der Waals surface area contributed by atoms with Gasteiger partial charge >= 0.3 is 0 Å². The van der Waals surface area contributed by atoms with Gasteiger partial charge in [0, 0.05) is 12.1 Å². The number of aliphatic hydroxyl groups excluding tert-OH is 1. The molecule has 0 radical (unpaired) electrons. The molecular formula is C10H11N3OS. The lowest BCUT2D eigenvalue weighted by Gasteiger charge is -1.99. The van der Waals surface area contributed by atoms with Gasteiger partial charge < -0.3 is 5.11 Å². The summed E-state index contributed by atoms with van der Waals surface area (Å²) in [5, 5.41) is 18.7. The zero-order valence-corrected chi connectivity index (χ0v) is 9.11. The van der Waals surface area contributed by atoms with E-state index in [0.29, 0.717) is 0 Å². The van der Waals surface area contributed by atoms with Crippen LogP contribution in [-0.4, -0.2) is 26.9 Å². The van der Waals surface area contributed by atoms with Gasteiger partial charge in [0.05, 0.1) is 6.61 Å². The van der Waals surface area contributed by atoms with Crippen molar-refractivity contribution in [3.63, 3.8) is 0 Å². The Balaban J connectivity index is 2.28. The Bertz CT molecular complexity index is 429. The van der Waals surface area contributed by atoms with Gasteiger partial charge in [-0.2, -0.15) is 0 Å². The maximum Gasteiger partial charge on any atom is 0.166 e. The Labute approximate surface area is 91.6 Å². The van der Waals surface area contributed by atoms with Crippen LogP contribution in [0.1, 0.15) is 17.8 Å². The van der Waals surface area contributed by atoms with E-state index in [2.05, 4.69) is 15.2 Å². The number of hydrogen-bond acceptors (Lipinski definition) is 5. The second-order valence-corrected chi connectivity index (χ2v) is 4.25. The largest absolute Gasteiger partial charge is 0.396 e. The molecule has 0 saturated heterocycles. The molecule has 4 nitrogen and oxygen atoms in total. The first-order valence-corrected chi connectivity index (χ1v) is 5.48. The molecule has 78 valence electrons. The highest BCUT2D eigenvalue weighted by Crippen LogP contribution is 2.25. The molecule has 0 saturated carbocycles. The molecule has 0 amide bonds.